The van der Waals surface area contributed by atoms with E-state index in [4.69, 9.17) is 9.15 Å². The van der Waals surface area contributed by atoms with Crippen LogP contribution >= 0.6 is 0 Å². The molecule has 2 aromatic carbocycles. The zero-order valence-corrected chi connectivity index (χ0v) is 11.8. The van der Waals surface area contributed by atoms with Gasteiger partial charge in [0.15, 0.2) is 11.4 Å². The molecule has 0 spiro atoms. The van der Waals surface area contributed by atoms with Gasteiger partial charge in [-0.15, -0.1) is 0 Å². The molecule has 0 radical (unpaired) electrons. The van der Waals surface area contributed by atoms with E-state index < -0.39 is 11.4 Å². The van der Waals surface area contributed by atoms with Gasteiger partial charge < -0.3 is 14.3 Å². The molecule has 3 aromatic rings. The zero-order chi connectivity index (χ0) is 15.0. The molecule has 0 saturated carbocycles. The zero-order valence-electron chi connectivity index (χ0n) is 11.8. The van der Waals surface area contributed by atoms with Crippen molar-refractivity contribution >= 4 is 11.0 Å². The first-order chi connectivity index (χ1) is 10.0. The van der Waals surface area contributed by atoms with Crippen molar-refractivity contribution in [1.82, 2.24) is 0 Å². The predicted molar refractivity (Wildman–Crippen MR) is 77.8 cm³/mol. The quantitative estimate of drug-likeness (QED) is 0.795. The lowest BCUT2D eigenvalue weighted by Gasteiger charge is -2.23. The largest absolute Gasteiger partial charge is 0.496 e. The van der Waals surface area contributed by atoms with Crippen molar-refractivity contribution in [3.63, 3.8) is 0 Å². The fourth-order valence-corrected chi connectivity index (χ4v) is 2.45. The minimum Gasteiger partial charge on any atom is -0.496 e. The third-order valence-electron chi connectivity index (χ3n) is 3.61. The number of para-hydroxylation sites is 2. The number of benzene rings is 2. The lowest BCUT2D eigenvalue weighted by atomic mass is 9.92. The summed E-state index contributed by atoms with van der Waals surface area (Å²) in [6.45, 7) is 1.60. The van der Waals surface area contributed by atoms with Gasteiger partial charge in [0.05, 0.1) is 7.11 Å². The second-order valence-corrected chi connectivity index (χ2v) is 5.04. The Morgan fingerprint density at radius 2 is 1.90 bits per heavy atom. The van der Waals surface area contributed by atoms with Gasteiger partial charge in [-0.3, -0.25) is 0 Å². The highest BCUT2D eigenvalue weighted by molar-refractivity contribution is 5.78. The number of rotatable bonds is 3. The summed E-state index contributed by atoms with van der Waals surface area (Å²) in [5.41, 5.74) is -0.715. The van der Waals surface area contributed by atoms with Crippen molar-refractivity contribution in [2.75, 3.05) is 7.11 Å². The lowest BCUT2D eigenvalue weighted by molar-refractivity contribution is 0.0756. The highest BCUT2D eigenvalue weighted by Crippen LogP contribution is 2.38. The molecular formula is C17H15FO3. The summed E-state index contributed by atoms with van der Waals surface area (Å²) < 4.78 is 24.5. The van der Waals surface area contributed by atoms with Gasteiger partial charge in [-0.25, -0.2) is 4.39 Å². The van der Waals surface area contributed by atoms with Crippen LogP contribution in [0.15, 0.2) is 52.9 Å². The molecule has 1 heterocycles. The van der Waals surface area contributed by atoms with Gasteiger partial charge >= 0.3 is 0 Å². The summed E-state index contributed by atoms with van der Waals surface area (Å²) in [5, 5.41) is 11.5. The average molecular weight is 286 g/mol. The maximum atomic E-state index is 13.7. The van der Waals surface area contributed by atoms with Crippen LogP contribution in [0.4, 0.5) is 4.39 Å². The monoisotopic (exact) mass is 286 g/mol. The molecule has 0 amide bonds. The van der Waals surface area contributed by atoms with E-state index in [-0.39, 0.29) is 11.3 Å². The summed E-state index contributed by atoms with van der Waals surface area (Å²) >= 11 is 0. The molecule has 0 saturated heterocycles. The number of methoxy groups -OCH3 is 1. The minimum absolute atomic E-state index is 0.141. The van der Waals surface area contributed by atoms with E-state index in [1.807, 2.05) is 6.07 Å². The Balaban J connectivity index is 2.17. The number of hydrogen-bond acceptors (Lipinski definition) is 3. The van der Waals surface area contributed by atoms with Crippen molar-refractivity contribution in [2.24, 2.45) is 0 Å². The first kappa shape index (κ1) is 13.6. The highest BCUT2D eigenvalue weighted by Gasteiger charge is 2.32. The number of hydrogen-bond donors (Lipinski definition) is 1. The molecule has 1 N–H and O–H groups in total. The van der Waals surface area contributed by atoms with E-state index in [0.29, 0.717) is 16.7 Å². The summed E-state index contributed by atoms with van der Waals surface area (Å²) in [7, 11) is 1.53. The Kier molecular flexibility index (Phi) is 3.18. The molecule has 0 aliphatic carbocycles. The van der Waals surface area contributed by atoms with Crippen LogP contribution in [-0.2, 0) is 5.60 Å². The van der Waals surface area contributed by atoms with Crippen LogP contribution < -0.4 is 4.74 Å². The van der Waals surface area contributed by atoms with Crippen molar-refractivity contribution < 1.29 is 18.7 Å². The summed E-state index contributed by atoms with van der Waals surface area (Å²) in [5.74, 6) is 0.366. The fraction of sp³-hybridized carbons (Fsp3) is 0.176. The maximum Gasteiger partial charge on any atom is 0.170 e. The molecule has 0 aliphatic rings. The number of halogens is 1. The van der Waals surface area contributed by atoms with Crippen LogP contribution in [0.2, 0.25) is 0 Å². The standard InChI is InChI=1S/C17H15FO3/c1-17(19,12-7-3-4-9-14(12)20-2)15-10-11-6-5-8-13(18)16(11)21-15/h3-10,19H,1-2H3. The Morgan fingerprint density at radius 1 is 1.14 bits per heavy atom. The van der Waals surface area contributed by atoms with E-state index in [1.165, 1.54) is 13.2 Å². The van der Waals surface area contributed by atoms with Crippen molar-refractivity contribution in [3.8, 4) is 5.75 Å². The van der Waals surface area contributed by atoms with Gasteiger partial charge in [-0.05, 0) is 25.1 Å². The maximum absolute atomic E-state index is 13.7. The van der Waals surface area contributed by atoms with Gasteiger partial charge in [0, 0.05) is 10.9 Å². The van der Waals surface area contributed by atoms with E-state index in [9.17, 15) is 9.50 Å². The Morgan fingerprint density at radius 3 is 2.62 bits per heavy atom. The SMILES string of the molecule is COc1ccccc1C(C)(O)c1cc2cccc(F)c2o1. The first-order valence-corrected chi connectivity index (χ1v) is 6.58. The molecule has 3 nitrogen and oxygen atoms in total. The second kappa shape index (κ2) is 4.90. The molecule has 0 bridgehead atoms. The average Bonchev–Trinajstić information content (AvgIpc) is 2.93. The topological polar surface area (TPSA) is 42.6 Å². The molecule has 0 fully saturated rings. The summed E-state index contributed by atoms with van der Waals surface area (Å²) in [6, 6.07) is 13.4. The molecule has 0 aliphatic heterocycles. The predicted octanol–water partition coefficient (Wildman–Crippen LogP) is 3.84. The van der Waals surface area contributed by atoms with Gasteiger partial charge in [0.25, 0.3) is 0 Å². The van der Waals surface area contributed by atoms with Crippen molar-refractivity contribution in [1.29, 1.82) is 0 Å². The van der Waals surface area contributed by atoms with Crippen molar-refractivity contribution in [3.05, 3.63) is 65.7 Å². The fourth-order valence-electron chi connectivity index (χ4n) is 2.45. The number of aliphatic hydroxyl groups is 1. The van der Waals surface area contributed by atoms with E-state index >= 15 is 0 Å². The third-order valence-corrected chi connectivity index (χ3v) is 3.61. The Labute approximate surface area is 121 Å². The van der Waals surface area contributed by atoms with Crippen LogP contribution in [0.25, 0.3) is 11.0 Å². The molecule has 4 heteroatoms. The molecule has 1 aromatic heterocycles. The van der Waals surface area contributed by atoms with E-state index in [1.54, 1.807) is 43.3 Å². The smallest absolute Gasteiger partial charge is 0.170 e. The molecule has 3 rings (SSSR count). The Bertz CT molecular complexity index is 790. The number of ether oxygens (including phenoxy) is 1. The molecule has 1 unspecified atom stereocenters. The van der Waals surface area contributed by atoms with Crippen LogP contribution in [0.5, 0.6) is 5.75 Å². The minimum atomic E-state index is -1.42. The second-order valence-electron chi connectivity index (χ2n) is 5.04. The molecule has 108 valence electrons. The van der Waals surface area contributed by atoms with Crippen molar-refractivity contribution in [2.45, 2.75) is 12.5 Å². The van der Waals surface area contributed by atoms with Crippen LogP contribution in [0.1, 0.15) is 18.2 Å². The number of fused-ring (bicyclic) bond motifs is 1. The molecular weight excluding hydrogens is 271 g/mol. The van der Waals surface area contributed by atoms with Gasteiger partial charge in [0.2, 0.25) is 0 Å². The van der Waals surface area contributed by atoms with Gasteiger partial charge in [-0.2, -0.15) is 0 Å². The lowest BCUT2D eigenvalue weighted by Crippen LogP contribution is -2.22. The third kappa shape index (κ3) is 2.17. The van der Waals surface area contributed by atoms with Crippen LogP contribution in [0, 0.1) is 5.82 Å². The summed E-state index contributed by atoms with van der Waals surface area (Å²) in [6.07, 6.45) is 0. The van der Waals surface area contributed by atoms with E-state index in [2.05, 4.69) is 0 Å². The normalized spacial score (nSPS) is 14.1. The molecule has 21 heavy (non-hydrogen) atoms. The molecule has 1 atom stereocenters. The Hall–Kier alpha value is -2.33. The highest BCUT2D eigenvalue weighted by atomic mass is 19.1. The van der Waals surface area contributed by atoms with E-state index in [0.717, 1.165) is 0 Å². The number of furan rings is 1. The van der Waals surface area contributed by atoms with Gasteiger partial charge in [0.1, 0.15) is 17.1 Å². The van der Waals surface area contributed by atoms with Crippen LogP contribution in [0.3, 0.4) is 0 Å². The van der Waals surface area contributed by atoms with Crippen LogP contribution in [-0.4, -0.2) is 12.2 Å². The first-order valence-electron chi connectivity index (χ1n) is 6.58. The van der Waals surface area contributed by atoms with Gasteiger partial charge in [-0.1, -0.05) is 30.3 Å². The summed E-state index contributed by atoms with van der Waals surface area (Å²) in [4.78, 5) is 0.